The fourth-order valence-corrected chi connectivity index (χ4v) is 1.10. The molecule has 0 radical (unpaired) electrons. The summed E-state index contributed by atoms with van der Waals surface area (Å²) in [7, 11) is 0. The van der Waals surface area contributed by atoms with E-state index in [4.69, 9.17) is 19.9 Å². The Morgan fingerprint density at radius 1 is 1.69 bits per heavy atom. The smallest absolute Gasteiger partial charge is 0.325 e. The van der Waals surface area contributed by atoms with Crippen molar-refractivity contribution in [1.82, 2.24) is 0 Å². The highest BCUT2D eigenvalue weighted by Gasteiger charge is 2.28. The zero-order valence-electron chi connectivity index (χ0n) is 7.69. The number of hydrogen-bond acceptors (Lipinski definition) is 5. The molecule has 13 heavy (non-hydrogen) atoms. The highest BCUT2D eigenvalue weighted by molar-refractivity contribution is 5.76. The van der Waals surface area contributed by atoms with Gasteiger partial charge in [0.1, 0.15) is 12.1 Å². The average molecular weight is 189 g/mol. The lowest BCUT2D eigenvalue weighted by Crippen LogP contribution is -2.49. The molecular formula is C8H15NO4. The zero-order valence-corrected chi connectivity index (χ0v) is 7.69. The molecule has 0 aliphatic carbocycles. The molecule has 1 fully saturated rings. The van der Waals surface area contributed by atoms with Crippen molar-refractivity contribution in [2.45, 2.75) is 19.1 Å². The van der Waals surface area contributed by atoms with Gasteiger partial charge in [0.25, 0.3) is 0 Å². The lowest BCUT2D eigenvalue weighted by Gasteiger charge is -2.26. The normalized spacial score (nSPS) is 25.2. The Hall–Kier alpha value is -0.650. The number of rotatable bonds is 3. The van der Waals surface area contributed by atoms with Gasteiger partial charge in [0, 0.05) is 0 Å². The summed E-state index contributed by atoms with van der Waals surface area (Å²) in [4.78, 5) is 11.2. The van der Waals surface area contributed by atoms with Crippen LogP contribution in [0.15, 0.2) is 0 Å². The molecule has 5 heteroatoms. The molecule has 1 rings (SSSR count). The van der Waals surface area contributed by atoms with E-state index < -0.39 is 12.0 Å². The first-order valence-electron chi connectivity index (χ1n) is 4.37. The second-order valence-electron chi connectivity index (χ2n) is 2.76. The van der Waals surface area contributed by atoms with Gasteiger partial charge in [0.2, 0.25) is 0 Å². The lowest BCUT2D eigenvalue weighted by molar-refractivity contribution is -0.155. The molecule has 1 heterocycles. The van der Waals surface area contributed by atoms with E-state index in [0.29, 0.717) is 26.4 Å². The number of ether oxygens (including phenoxy) is 3. The fourth-order valence-electron chi connectivity index (χ4n) is 1.10. The number of nitrogens with two attached hydrogens (primary N) is 1. The highest BCUT2D eigenvalue weighted by Crippen LogP contribution is 2.05. The highest BCUT2D eigenvalue weighted by atomic mass is 16.6. The summed E-state index contributed by atoms with van der Waals surface area (Å²) in [6.07, 6.45) is -0.368. The number of hydrogen-bond donors (Lipinski definition) is 1. The molecule has 0 aromatic rings. The molecule has 2 atom stereocenters. The van der Waals surface area contributed by atoms with Gasteiger partial charge in [-0.2, -0.15) is 0 Å². The summed E-state index contributed by atoms with van der Waals surface area (Å²) in [6.45, 7) is 3.48. The number of carbonyl (C=O) groups excluding carboxylic acids is 1. The van der Waals surface area contributed by atoms with Crippen molar-refractivity contribution in [1.29, 1.82) is 0 Å². The van der Waals surface area contributed by atoms with Crippen LogP contribution in [0, 0.1) is 0 Å². The molecule has 0 aromatic heterocycles. The average Bonchev–Trinajstić information content (AvgIpc) is 2.18. The number of esters is 1. The van der Waals surface area contributed by atoms with Crippen LogP contribution in [-0.2, 0) is 19.0 Å². The molecule has 0 amide bonds. The van der Waals surface area contributed by atoms with Crippen LogP contribution >= 0.6 is 0 Å². The van der Waals surface area contributed by atoms with Crippen LogP contribution in [0.3, 0.4) is 0 Å². The van der Waals surface area contributed by atoms with Crippen LogP contribution in [0.5, 0.6) is 0 Å². The molecule has 1 aliphatic heterocycles. The predicted octanol–water partition coefficient (Wildman–Crippen LogP) is -0.708. The van der Waals surface area contributed by atoms with Gasteiger partial charge in [0.15, 0.2) is 0 Å². The molecule has 2 N–H and O–H groups in total. The van der Waals surface area contributed by atoms with Crippen LogP contribution in [0.25, 0.3) is 0 Å². The van der Waals surface area contributed by atoms with Crippen LogP contribution < -0.4 is 5.73 Å². The van der Waals surface area contributed by atoms with E-state index in [-0.39, 0.29) is 6.10 Å². The predicted molar refractivity (Wildman–Crippen MR) is 45.2 cm³/mol. The molecule has 1 aliphatic rings. The standard InChI is InChI=1S/C8H15NO4/c1-2-12-8(10)7(9)6-5-11-3-4-13-6/h6-7H,2-5,9H2,1H3. The first-order chi connectivity index (χ1) is 6.25. The maximum atomic E-state index is 11.2. The van der Waals surface area contributed by atoms with Crippen molar-refractivity contribution in [2.75, 3.05) is 26.4 Å². The molecule has 0 saturated carbocycles. The van der Waals surface area contributed by atoms with Gasteiger partial charge in [-0.1, -0.05) is 0 Å². The third-order valence-electron chi connectivity index (χ3n) is 1.80. The topological polar surface area (TPSA) is 70.8 Å². The Morgan fingerprint density at radius 3 is 3.00 bits per heavy atom. The van der Waals surface area contributed by atoms with Gasteiger partial charge in [-0.05, 0) is 6.92 Å². The second-order valence-corrected chi connectivity index (χ2v) is 2.76. The Bertz CT molecular complexity index is 168. The summed E-state index contributed by atoms with van der Waals surface area (Å²) in [5.74, 6) is -0.432. The van der Waals surface area contributed by atoms with E-state index in [1.165, 1.54) is 0 Å². The SMILES string of the molecule is CCOC(=O)C(N)C1COCCO1. The van der Waals surface area contributed by atoms with Gasteiger partial charge in [0.05, 0.1) is 26.4 Å². The second kappa shape index (κ2) is 5.16. The van der Waals surface area contributed by atoms with Crippen LogP contribution in [0.2, 0.25) is 0 Å². The summed E-state index contributed by atoms with van der Waals surface area (Å²) in [5, 5.41) is 0. The molecule has 0 spiro atoms. The number of carbonyl (C=O) groups is 1. The summed E-state index contributed by atoms with van der Waals surface area (Å²) in [6, 6.07) is -0.736. The summed E-state index contributed by atoms with van der Waals surface area (Å²) < 4.78 is 15.1. The Morgan fingerprint density at radius 2 is 2.46 bits per heavy atom. The molecule has 1 saturated heterocycles. The van der Waals surface area contributed by atoms with Gasteiger partial charge < -0.3 is 19.9 Å². The minimum atomic E-state index is -0.736. The molecule has 0 bridgehead atoms. The van der Waals surface area contributed by atoms with Crippen LogP contribution in [0.4, 0.5) is 0 Å². The third kappa shape index (κ3) is 2.95. The fraction of sp³-hybridized carbons (Fsp3) is 0.875. The quantitative estimate of drug-likeness (QED) is 0.594. The van der Waals surface area contributed by atoms with Crippen LogP contribution in [-0.4, -0.2) is 44.5 Å². The van der Waals surface area contributed by atoms with Gasteiger partial charge >= 0.3 is 5.97 Å². The van der Waals surface area contributed by atoms with Crippen molar-refractivity contribution in [2.24, 2.45) is 5.73 Å². The first-order valence-corrected chi connectivity index (χ1v) is 4.37. The van der Waals surface area contributed by atoms with E-state index >= 15 is 0 Å². The Labute approximate surface area is 77.1 Å². The summed E-state index contributed by atoms with van der Waals surface area (Å²) in [5.41, 5.74) is 5.60. The van der Waals surface area contributed by atoms with E-state index in [1.807, 2.05) is 0 Å². The Kier molecular flexibility index (Phi) is 4.14. The minimum Gasteiger partial charge on any atom is -0.465 e. The van der Waals surface area contributed by atoms with Crippen molar-refractivity contribution in [3.8, 4) is 0 Å². The third-order valence-corrected chi connectivity index (χ3v) is 1.80. The maximum Gasteiger partial charge on any atom is 0.325 e. The molecular weight excluding hydrogens is 174 g/mol. The molecule has 0 aromatic carbocycles. The van der Waals surface area contributed by atoms with Crippen molar-refractivity contribution in [3.05, 3.63) is 0 Å². The van der Waals surface area contributed by atoms with E-state index in [1.54, 1.807) is 6.92 Å². The Balaban J connectivity index is 2.35. The largest absolute Gasteiger partial charge is 0.465 e. The van der Waals surface area contributed by atoms with E-state index in [9.17, 15) is 4.79 Å². The van der Waals surface area contributed by atoms with Crippen molar-refractivity contribution < 1.29 is 19.0 Å². The monoisotopic (exact) mass is 189 g/mol. The van der Waals surface area contributed by atoms with Gasteiger partial charge in [-0.25, -0.2) is 0 Å². The van der Waals surface area contributed by atoms with E-state index in [2.05, 4.69) is 0 Å². The summed E-state index contributed by atoms with van der Waals surface area (Å²) >= 11 is 0. The minimum absolute atomic E-state index is 0.333. The van der Waals surface area contributed by atoms with Crippen molar-refractivity contribution >= 4 is 5.97 Å². The maximum absolute atomic E-state index is 11.2. The molecule has 2 unspecified atom stereocenters. The molecule has 5 nitrogen and oxygen atoms in total. The van der Waals surface area contributed by atoms with Crippen molar-refractivity contribution in [3.63, 3.8) is 0 Å². The van der Waals surface area contributed by atoms with Gasteiger partial charge in [-0.15, -0.1) is 0 Å². The first kappa shape index (κ1) is 10.4. The van der Waals surface area contributed by atoms with E-state index in [0.717, 1.165) is 0 Å². The van der Waals surface area contributed by atoms with Crippen LogP contribution in [0.1, 0.15) is 6.92 Å². The van der Waals surface area contributed by atoms with Gasteiger partial charge in [-0.3, -0.25) is 4.79 Å². The zero-order chi connectivity index (χ0) is 9.68. The molecule has 76 valence electrons. The lowest BCUT2D eigenvalue weighted by atomic mass is 10.2.